The molecule has 1 heterocycles. The number of carboxylic acid groups (broad SMARTS) is 1. The van der Waals surface area contributed by atoms with Crippen LogP contribution in [0.25, 0.3) is 0 Å². The van der Waals surface area contributed by atoms with Crippen molar-refractivity contribution in [3.05, 3.63) is 64.2 Å². The molecule has 0 aliphatic carbocycles. The summed E-state index contributed by atoms with van der Waals surface area (Å²) in [5, 5.41) is 13.1. The molecule has 102 valence electrons. The van der Waals surface area contributed by atoms with Crippen LogP contribution in [0.4, 0.5) is 5.69 Å². The first-order chi connectivity index (χ1) is 9.65. The van der Waals surface area contributed by atoms with Crippen molar-refractivity contribution >= 4 is 23.3 Å². The first-order valence-electron chi connectivity index (χ1n) is 6.52. The number of hydrogen-bond acceptors (Lipinski definition) is 2. The van der Waals surface area contributed by atoms with E-state index in [4.69, 9.17) is 11.6 Å². The second kappa shape index (κ2) is 5.17. The van der Waals surface area contributed by atoms with Gasteiger partial charge >= 0.3 is 5.97 Å². The van der Waals surface area contributed by atoms with Crippen LogP contribution in [-0.2, 0) is 6.42 Å². The Kier molecular flexibility index (Phi) is 3.36. The Bertz CT molecular complexity index is 655. The number of halogens is 1. The monoisotopic (exact) mass is 287 g/mol. The smallest absolute Gasteiger partial charge is 0.337 e. The number of rotatable bonds is 2. The summed E-state index contributed by atoms with van der Waals surface area (Å²) in [6.45, 7) is 0. The van der Waals surface area contributed by atoms with Crippen molar-refractivity contribution in [3.63, 3.8) is 0 Å². The van der Waals surface area contributed by atoms with E-state index in [0.717, 1.165) is 18.4 Å². The number of fused-ring (bicyclic) bond motifs is 1. The fourth-order valence-electron chi connectivity index (χ4n) is 2.68. The predicted octanol–water partition coefficient (Wildman–Crippen LogP) is 4.14. The Morgan fingerprint density at radius 3 is 2.70 bits per heavy atom. The highest BCUT2D eigenvalue weighted by atomic mass is 35.5. The summed E-state index contributed by atoms with van der Waals surface area (Å²) in [5.74, 6) is -0.954. The van der Waals surface area contributed by atoms with Crippen molar-refractivity contribution in [2.24, 2.45) is 0 Å². The van der Waals surface area contributed by atoms with Crippen LogP contribution >= 0.6 is 11.6 Å². The highest BCUT2D eigenvalue weighted by Crippen LogP contribution is 2.36. The molecule has 1 atom stereocenters. The molecular weight excluding hydrogens is 274 g/mol. The van der Waals surface area contributed by atoms with Gasteiger partial charge in [0.2, 0.25) is 0 Å². The molecule has 0 amide bonds. The fraction of sp³-hybridized carbons (Fsp3) is 0.188. The Morgan fingerprint density at radius 2 is 2.00 bits per heavy atom. The Morgan fingerprint density at radius 1 is 1.25 bits per heavy atom. The number of nitrogens with one attached hydrogen (secondary N) is 1. The SMILES string of the molecule is O=C(O)c1cc(Cl)cc2c1NC(c1ccccc1)CC2. The van der Waals surface area contributed by atoms with E-state index in [1.807, 2.05) is 24.3 Å². The molecule has 4 heteroatoms. The molecule has 0 spiro atoms. The van der Waals surface area contributed by atoms with Crippen molar-refractivity contribution < 1.29 is 9.90 Å². The molecule has 1 unspecified atom stereocenters. The van der Waals surface area contributed by atoms with E-state index in [1.54, 1.807) is 0 Å². The van der Waals surface area contributed by atoms with Gasteiger partial charge in [0, 0.05) is 5.02 Å². The molecule has 3 nitrogen and oxygen atoms in total. The van der Waals surface area contributed by atoms with Gasteiger partial charge in [0.05, 0.1) is 17.3 Å². The average Bonchev–Trinajstić information content (AvgIpc) is 2.46. The predicted molar refractivity (Wildman–Crippen MR) is 79.5 cm³/mol. The third kappa shape index (κ3) is 2.37. The molecule has 20 heavy (non-hydrogen) atoms. The first kappa shape index (κ1) is 13.0. The Labute approximate surface area is 122 Å². The summed E-state index contributed by atoms with van der Waals surface area (Å²) in [6, 6.07) is 13.6. The number of benzene rings is 2. The molecule has 2 aromatic rings. The summed E-state index contributed by atoms with van der Waals surface area (Å²) < 4.78 is 0. The van der Waals surface area contributed by atoms with Crippen LogP contribution in [0.1, 0.15) is 33.9 Å². The maximum Gasteiger partial charge on any atom is 0.337 e. The van der Waals surface area contributed by atoms with Gasteiger partial charge < -0.3 is 10.4 Å². The van der Waals surface area contributed by atoms with Gasteiger partial charge in [-0.15, -0.1) is 0 Å². The van der Waals surface area contributed by atoms with Gasteiger partial charge in [-0.1, -0.05) is 41.9 Å². The number of anilines is 1. The number of aryl methyl sites for hydroxylation is 1. The van der Waals surface area contributed by atoms with Crippen LogP contribution in [0.2, 0.25) is 5.02 Å². The molecule has 1 aliphatic heterocycles. The van der Waals surface area contributed by atoms with Crippen LogP contribution in [0.3, 0.4) is 0 Å². The summed E-state index contributed by atoms with van der Waals surface area (Å²) in [6.07, 6.45) is 1.75. The lowest BCUT2D eigenvalue weighted by Gasteiger charge is -2.28. The minimum absolute atomic E-state index is 0.142. The Balaban J connectivity index is 2.00. The highest BCUT2D eigenvalue weighted by Gasteiger charge is 2.24. The minimum Gasteiger partial charge on any atom is -0.478 e. The summed E-state index contributed by atoms with van der Waals surface area (Å²) in [7, 11) is 0. The standard InChI is InChI=1S/C16H14ClNO2/c17-12-8-11-6-7-14(10-4-2-1-3-5-10)18-15(11)13(9-12)16(19)20/h1-5,8-9,14,18H,6-7H2,(H,19,20). The van der Waals surface area contributed by atoms with Crippen molar-refractivity contribution in [1.82, 2.24) is 0 Å². The largest absolute Gasteiger partial charge is 0.478 e. The lowest BCUT2D eigenvalue weighted by Crippen LogP contribution is -2.20. The van der Waals surface area contributed by atoms with E-state index < -0.39 is 5.97 Å². The van der Waals surface area contributed by atoms with Crippen molar-refractivity contribution in [1.29, 1.82) is 0 Å². The summed E-state index contributed by atoms with van der Waals surface area (Å²) in [4.78, 5) is 11.4. The van der Waals surface area contributed by atoms with Crippen molar-refractivity contribution in [2.45, 2.75) is 18.9 Å². The van der Waals surface area contributed by atoms with Gasteiger partial charge in [-0.2, -0.15) is 0 Å². The van der Waals surface area contributed by atoms with Gasteiger partial charge in [0.15, 0.2) is 0 Å². The number of aromatic carboxylic acids is 1. The highest BCUT2D eigenvalue weighted by molar-refractivity contribution is 6.31. The minimum atomic E-state index is -0.954. The molecule has 1 aliphatic rings. The molecule has 0 saturated carbocycles. The van der Waals surface area contributed by atoms with E-state index in [1.165, 1.54) is 11.6 Å². The van der Waals surface area contributed by atoms with Gasteiger partial charge in [-0.3, -0.25) is 0 Å². The van der Waals surface area contributed by atoms with Crippen LogP contribution < -0.4 is 5.32 Å². The normalized spacial score (nSPS) is 17.1. The zero-order valence-corrected chi connectivity index (χ0v) is 11.5. The third-order valence-electron chi connectivity index (χ3n) is 3.64. The lowest BCUT2D eigenvalue weighted by molar-refractivity contribution is 0.0697. The maximum absolute atomic E-state index is 11.4. The fourth-order valence-corrected chi connectivity index (χ4v) is 2.92. The van der Waals surface area contributed by atoms with E-state index in [-0.39, 0.29) is 11.6 Å². The summed E-state index contributed by atoms with van der Waals surface area (Å²) >= 11 is 5.99. The number of carbonyl (C=O) groups is 1. The van der Waals surface area contributed by atoms with Gasteiger partial charge in [-0.05, 0) is 36.1 Å². The molecule has 2 N–H and O–H groups in total. The first-order valence-corrected chi connectivity index (χ1v) is 6.90. The molecule has 0 bridgehead atoms. The van der Waals surface area contributed by atoms with Gasteiger partial charge in [-0.25, -0.2) is 4.79 Å². The quantitative estimate of drug-likeness (QED) is 0.873. The second-order valence-electron chi connectivity index (χ2n) is 4.94. The van der Waals surface area contributed by atoms with Crippen LogP contribution in [-0.4, -0.2) is 11.1 Å². The van der Waals surface area contributed by atoms with E-state index >= 15 is 0 Å². The van der Waals surface area contributed by atoms with Crippen LogP contribution in [0.15, 0.2) is 42.5 Å². The van der Waals surface area contributed by atoms with Crippen LogP contribution in [0, 0.1) is 0 Å². The third-order valence-corrected chi connectivity index (χ3v) is 3.86. The molecule has 0 aromatic heterocycles. The second-order valence-corrected chi connectivity index (χ2v) is 5.38. The maximum atomic E-state index is 11.4. The zero-order chi connectivity index (χ0) is 14.1. The number of carboxylic acids is 1. The van der Waals surface area contributed by atoms with Crippen molar-refractivity contribution in [3.8, 4) is 0 Å². The van der Waals surface area contributed by atoms with E-state index in [0.29, 0.717) is 10.7 Å². The molecule has 0 radical (unpaired) electrons. The summed E-state index contributed by atoms with van der Waals surface area (Å²) in [5.41, 5.74) is 3.08. The van der Waals surface area contributed by atoms with Gasteiger partial charge in [0.1, 0.15) is 0 Å². The molecule has 0 saturated heterocycles. The number of hydrogen-bond donors (Lipinski definition) is 2. The molecule has 3 rings (SSSR count). The lowest BCUT2D eigenvalue weighted by atomic mass is 9.91. The average molecular weight is 288 g/mol. The topological polar surface area (TPSA) is 49.3 Å². The van der Waals surface area contributed by atoms with E-state index in [2.05, 4.69) is 17.4 Å². The van der Waals surface area contributed by atoms with Gasteiger partial charge in [0.25, 0.3) is 0 Å². The molecule has 2 aromatic carbocycles. The van der Waals surface area contributed by atoms with Crippen molar-refractivity contribution in [2.75, 3.05) is 5.32 Å². The van der Waals surface area contributed by atoms with E-state index in [9.17, 15) is 9.90 Å². The molecule has 0 fully saturated rings. The Hall–Kier alpha value is -2.00. The zero-order valence-electron chi connectivity index (χ0n) is 10.8. The molecular formula is C16H14ClNO2. The van der Waals surface area contributed by atoms with Crippen LogP contribution in [0.5, 0.6) is 0 Å².